The summed E-state index contributed by atoms with van der Waals surface area (Å²) >= 11 is 0. The fourth-order valence-electron chi connectivity index (χ4n) is 1.91. The molecule has 1 aromatic rings. The third kappa shape index (κ3) is 1.65. The number of hydrogen-bond acceptors (Lipinski definition) is 3. The number of pyridine rings is 1. The zero-order valence-electron chi connectivity index (χ0n) is 7.69. The quantitative estimate of drug-likeness (QED) is 0.733. The third-order valence-corrected chi connectivity index (χ3v) is 2.59. The summed E-state index contributed by atoms with van der Waals surface area (Å²) in [6.45, 7) is 1.83. The Bertz CT molecular complexity index is 260. The summed E-state index contributed by atoms with van der Waals surface area (Å²) in [6, 6.07) is 6.51. The van der Waals surface area contributed by atoms with Crippen LogP contribution in [-0.2, 0) is 0 Å². The molecule has 1 unspecified atom stereocenters. The Balaban J connectivity index is 2.16. The zero-order chi connectivity index (χ0) is 9.10. The van der Waals surface area contributed by atoms with Crippen molar-refractivity contribution < 1.29 is 0 Å². The van der Waals surface area contributed by atoms with Gasteiger partial charge in [0.15, 0.2) is 0 Å². The van der Waals surface area contributed by atoms with E-state index in [2.05, 4.69) is 9.88 Å². The molecule has 2 rings (SSSR count). The van der Waals surface area contributed by atoms with Crippen LogP contribution in [0.2, 0.25) is 0 Å². The minimum atomic E-state index is 0.495. The highest BCUT2D eigenvalue weighted by atomic mass is 15.2. The maximum atomic E-state index is 5.69. The SMILES string of the molecule is NCC1CCCN1c1ccccn1. The van der Waals surface area contributed by atoms with Gasteiger partial charge < -0.3 is 10.6 Å². The van der Waals surface area contributed by atoms with E-state index in [4.69, 9.17) is 5.73 Å². The lowest BCUT2D eigenvalue weighted by molar-refractivity contribution is 0.671. The van der Waals surface area contributed by atoms with Crippen LogP contribution in [0.3, 0.4) is 0 Å². The molecule has 1 aromatic heterocycles. The topological polar surface area (TPSA) is 42.1 Å². The molecule has 0 amide bonds. The zero-order valence-corrected chi connectivity index (χ0v) is 7.69. The normalized spacial score (nSPS) is 22.2. The molecule has 0 radical (unpaired) electrons. The van der Waals surface area contributed by atoms with Crippen LogP contribution in [0.15, 0.2) is 24.4 Å². The van der Waals surface area contributed by atoms with E-state index in [9.17, 15) is 0 Å². The molecule has 3 heteroatoms. The molecule has 70 valence electrons. The summed E-state index contributed by atoms with van der Waals surface area (Å²) in [7, 11) is 0. The van der Waals surface area contributed by atoms with Gasteiger partial charge in [0.05, 0.1) is 0 Å². The average Bonchev–Trinajstić information content (AvgIpc) is 2.67. The van der Waals surface area contributed by atoms with E-state index in [-0.39, 0.29) is 0 Å². The van der Waals surface area contributed by atoms with Crippen molar-refractivity contribution in [3.63, 3.8) is 0 Å². The van der Waals surface area contributed by atoms with Gasteiger partial charge in [-0.3, -0.25) is 0 Å². The van der Waals surface area contributed by atoms with E-state index in [0.29, 0.717) is 6.04 Å². The molecule has 0 bridgehead atoms. The monoisotopic (exact) mass is 177 g/mol. The van der Waals surface area contributed by atoms with Crippen LogP contribution < -0.4 is 10.6 Å². The number of rotatable bonds is 2. The summed E-state index contributed by atoms with van der Waals surface area (Å²) < 4.78 is 0. The Kier molecular flexibility index (Phi) is 2.45. The van der Waals surface area contributed by atoms with Crippen LogP contribution in [0, 0.1) is 0 Å². The van der Waals surface area contributed by atoms with Gasteiger partial charge in [-0.15, -0.1) is 0 Å². The van der Waals surface area contributed by atoms with Crippen molar-refractivity contribution >= 4 is 5.82 Å². The summed E-state index contributed by atoms with van der Waals surface area (Å²) in [5.41, 5.74) is 5.69. The van der Waals surface area contributed by atoms with Crippen LogP contribution in [0.5, 0.6) is 0 Å². The predicted octanol–water partition coefficient (Wildman–Crippen LogP) is 1.01. The molecule has 13 heavy (non-hydrogen) atoms. The van der Waals surface area contributed by atoms with Crippen molar-refractivity contribution in [3.8, 4) is 0 Å². The lowest BCUT2D eigenvalue weighted by Gasteiger charge is -2.24. The molecule has 0 saturated carbocycles. The maximum absolute atomic E-state index is 5.69. The molecule has 1 aliphatic heterocycles. The average molecular weight is 177 g/mol. The first-order valence-corrected chi connectivity index (χ1v) is 4.79. The van der Waals surface area contributed by atoms with Gasteiger partial charge in [-0.1, -0.05) is 6.07 Å². The Morgan fingerprint density at radius 3 is 3.15 bits per heavy atom. The molecule has 1 saturated heterocycles. The summed E-state index contributed by atoms with van der Waals surface area (Å²) in [5.74, 6) is 1.07. The Labute approximate surface area is 78.6 Å². The number of aromatic nitrogens is 1. The fourth-order valence-corrected chi connectivity index (χ4v) is 1.91. The van der Waals surface area contributed by atoms with E-state index >= 15 is 0 Å². The molecule has 3 nitrogen and oxygen atoms in total. The largest absolute Gasteiger partial charge is 0.352 e. The van der Waals surface area contributed by atoms with Crippen LogP contribution in [0.25, 0.3) is 0 Å². The van der Waals surface area contributed by atoms with Gasteiger partial charge in [0.2, 0.25) is 0 Å². The molecule has 2 N–H and O–H groups in total. The first-order chi connectivity index (χ1) is 6.42. The molecule has 0 spiro atoms. The molecule has 1 aliphatic rings. The van der Waals surface area contributed by atoms with Gasteiger partial charge in [-0.25, -0.2) is 4.98 Å². The maximum Gasteiger partial charge on any atom is 0.128 e. The standard InChI is InChI=1S/C10H15N3/c11-8-9-4-3-7-13(9)10-5-1-2-6-12-10/h1-2,5-6,9H,3-4,7-8,11H2. The summed E-state index contributed by atoms with van der Waals surface area (Å²) in [5, 5.41) is 0. The van der Waals surface area contributed by atoms with Crippen molar-refractivity contribution in [1.29, 1.82) is 0 Å². The second kappa shape index (κ2) is 3.75. The summed E-state index contributed by atoms with van der Waals surface area (Å²) in [4.78, 5) is 6.63. The Hall–Kier alpha value is -1.09. The van der Waals surface area contributed by atoms with E-state index in [1.165, 1.54) is 12.8 Å². The van der Waals surface area contributed by atoms with E-state index in [0.717, 1.165) is 18.9 Å². The highest BCUT2D eigenvalue weighted by molar-refractivity contribution is 5.40. The molecular weight excluding hydrogens is 162 g/mol. The highest BCUT2D eigenvalue weighted by Gasteiger charge is 2.23. The van der Waals surface area contributed by atoms with Crippen LogP contribution in [-0.4, -0.2) is 24.1 Å². The smallest absolute Gasteiger partial charge is 0.128 e. The highest BCUT2D eigenvalue weighted by Crippen LogP contribution is 2.22. The van der Waals surface area contributed by atoms with E-state index in [1.807, 2.05) is 24.4 Å². The minimum Gasteiger partial charge on any atom is -0.352 e. The first-order valence-electron chi connectivity index (χ1n) is 4.79. The predicted molar refractivity (Wildman–Crippen MR) is 53.7 cm³/mol. The molecule has 0 aliphatic carbocycles. The van der Waals surface area contributed by atoms with Crippen LogP contribution >= 0.6 is 0 Å². The summed E-state index contributed by atoms with van der Waals surface area (Å²) in [6.07, 6.45) is 4.27. The van der Waals surface area contributed by atoms with Crippen LogP contribution in [0.1, 0.15) is 12.8 Å². The molecular formula is C10H15N3. The van der Waals surface area contributed by atoms with Gasteiger partial charge in [-0.05, 0) is 25.0 Å². The number of nitrogens with two attached hydrogens (primary N) is 1. The van der Waals surface area contributed by atoms with Crippen molar-refractivity contribution in [2.75, 3.05) is 18.0 Å². The lowest BCUT2D eigenvalue weighted by atomic mass is 10.2. The lowest BCUT2D eigenvalue weighted by Crippen LogP contribution is -2.35. The fraction of sp³-hybridized carbons (Fsp3) is 0.500. The molecule has 2 heterocycles. The van der Waals surface area contributed by atoms with Gasteiger partial charge in [-0.2, -0.15) is 0 Å². The Morgan fingerprint density at radius 2 is 2.46 bits per heavy atom. The van der Waals surface area contributed by atoms with Crippen molar-refractivity contribution in [2.45, 2.75) is 18.9 Å². The first kappa shape index (κ1) is 8.51. The molecule has 1 fully saturated rings. The van der Waals surface area contributed by atoms with Crippen LogP contribution in [0.4, 0.5) is 5.82 Å². The third-order valence-electron chi connectivity index (χ3n) is 2.59. The Morgan fingerprint density at radius 1 is 1.54 bits per heavy atom. The number of nitrogens with zero attached hydrogens (tertiary/aromatic N) is 2. The molecule has 0 aromatic carbocycles. The molecule has 1 atom stereocenters. The van der Waals surface area contributed by atoms with Gasteiger partial charge in [0, 0.05) is 25.3 Å². The van der Waals surface area contributed by atoms with Gasteiger partial charge >= 0.3 is 0 Å². The van der Waals surface area contributed by atoms with Crippen molar-refractivity contribution in [3.05, 3.63) is 24.4 Å². The number of hydrogen-bond donors (Lipinski definition) is 1. The van der Waals surface area contributed by atoms with Gasteiger partial charge in [0.25, 0.3) is 0 Å². The van der Waals surface area contributed by atoms with Crippen molar-refractivity contribution in [1.82, 2.24) is 4.98 Å². The van der Waals surface area contributed by atoms with Crippen molar-refractivity contribution in [2.24, 2.45) is 5.73 Å². The second-order valence-electron chi connectivity index (χ2n) is 3.41. The van der Waals surface area contributed by atoms with E-state index < -0.39 is 0 Å². The van der Waals surface area contributed by atoms with E-state index in [1.54, 1.807) is 0 Å². The number of anilines is 1. The minimum absolute atomic E-state index is 0.495. The van der Waals surface area contributed by atoms with Gasteiger partial charge in [0.1, 0.15) is 5.82 Å². The second-order valence-corrected chi connectivity index (χ2v) is 3.41.